The second kappa shape index (κ2) is 8.02. The Hall–Kier alpha value is -2.42. The largest absolute Gasteiger partial charge is 0.497 e. The number of anilines is 1. The van der Waals surface area contributed by atoms with Gasteiger partial charge >= 0.3 is 13.1 Å². The number of ether oxygens (including phenoxy) is 1. The van der Waals surface area contributed by atoms with Crippen LogP contribution in [0, 0.1) is 5.82 Å². The summed E-state index contributed by atoms with van der Waals surface area (Å²) in [5.74, 6) is -0.578. The zero-order valence-corrected chi connectivity index (χ0v) is 18.2. The van der Waals surface area contributed by atoms with E-state index in [1.54, 1.807) is 24.3 Å². The summed E-state index contributed by atoms with van der Waals surface area (Å²) in [7, 11) is -0.901. The van der Waals surface area contributed by atoms with Crippen LogP contribution >= 0.6 is 11.6 Å². The first-order valence-electron chi connectivity index (χ1n) is 9.37. The van der Waals surface area contributed by atoms with E-state index in [0.717, 1.165) is 0 Å². The Morgan fingerprint density at radius 2 is 1.70 bits per heavy atom. The number of carbonyl (C=O) groups is 1. The number of carbonyl (C=O) groups excluding carboxylic acids is 1. The smallest absolute Gasteiger partial charge is 0.427 e. The average molecular weight is 433 g/mol. The first kappa shape index (κ1) is 22.3. The van der Waals surface area contributed by atoms with E-state index >= 15 is 0 Å². The first-order valence-corrected chi connectivity index (χ1v) is 9.75. The average Bonchev–Trinajstić information content (AvgIpc) is 2.83. The van der Waals surface area contributed by atoms with Crippen molar-refractivity contribution in [1.82, 2.24) is 0 Å². The summed E-state index contributed by atoms with van der Waals surface area (Å²) in [6, 6.07) is 9.12. The molecule has 1 heterocycles. The molecule has 2 N–H and O–H groups in total. The van der Waals surface area contributed by atoms with E-state index in [2.05, 4.69) is 4.99 Å². The van der Waals surface area contributed by atoms with E-state index < -0.39 is 30.1 Å². The van der Waals surface area contributed by atoms with Crippen LogP contribution < -0.4 is 15.9 Å². The third-order valence-corrected chi connectivity index (χ3v) is 5.51. The Labute approximate surface area is 180 Å². The lowest BCUT2D eigenvalue weighted by atomic mass is 9.77. The molecule has 0 spiro atoms. The van der Waals surface area contributed by atoms with Crippen LogP contribution in [-0.4, -0.2) is 29.5 Å². The molecule has 1 saturated heterocycles. The van der Waals surface area contributed by atoms with Gasteiger partial charge in [-0.2, -0.15) is 0 Å². The zero-order valence-electron chi connectivity index (χ0n) is 17.5. The van der Waals surface area contributed by atoms with Crippen LogP contribution in [0.3, 0.4) is 0 Å². The third-order valence-electron chi connectivity index (χ3n) is 5.22. The van der Waals surface area contributed by atoms with Crippen LogP contribution in [0.5, 0.6) is 5.75 Å². The van der Waals surface area contributed by atoms with Crippen molar-refractivity contribution in [3.05, 3.63) is 47.8 Å². The van der Waals surface area contributed by atoms with Gasteiger partial charge in [0.2, 0.25) is 0 Å². The molecule has 1 aliphatic rings. The predicted molar refractivity (Wildman–Crippen MR) is 116 cm³/mol. The van der Waals surface area contributed by atoms with Gasteiger partial charge in [0.05, 0.1) is 16.9 Å². The maximum absolute atomic E-state index is 14.7. The van der Waals surface area contributed by atoms with E-state index in [1.165, 1.54) is 19.1 Å². The molecule has 0 aliphatic carbocycles. The van der Waals surface area contributed by atoms with Crippen molar-refractivity contribution in [2.45, 2.75) is 45.8 Å². The molecule has 0 saturated carbocycles. The van der Waals surface area contributed by atoms with Gasteiger partial charge < -0.3 is 19.8 Å². The van der Waals surface area contributed by atoms with E-state index in [0.29, 0.717) is 17.0 Å². The highest BCUT2D eigenvalue weighted by Crippen LogP contribution is 2.37. The van der Waals surface area contributed by atoms with Crippen LogP contribution in [0.25, 0.3) is 0 Å². The first-order chi connectivity index (χ1) is 13.9. The fourth-order valence-electron chi connectivity index (χ4n) is 2.86. The number of hydrogen-bond acceptors (Lipinski definition) is 6. The molecule has 0 atom stereocenters. The molecule has 0 amide bonds. The van der Waals surface area contributed by atoms with Gasteiger partial charge in [-0.3, -0.25) is 4.79 Å². The monoisotopic (exact) mass is 432 g/mol. The molecule has 1 aliphatic heterocycles. The quantitative estimate of drug-likeness (QED) is 0.260. The van der Waals surface area contributed by atoms with Crippen LogP contribution in [0.4, 0.5) is 15.8 Å². The van der Waals surface area contributed by atoms with Crippen molar-refractivity contribution in [3.8, 4) is 5.75 Å². The maximum Gasteiger partial charge on any atom is 0.497 e. The molecule has 9 heteroatoms. The van der Waals surface area contributed by atoms with Gasteiger partial charge in [0.1, 0.15) is 16.7 Å². The number of benzene rings is 2. The number of esters is 1. The highest BCUT2D eigenvalue weighted by atomic mass is 35.5. The molecule has 158 valence electrons. The fourth-order valence-corrected chi connectivity index (χ4v) is 3.12. The van der Waals surface area contributed by atoms with E-state index in [-0.39, 0.29) is 16.3 Å². The number of hydrogen-bond donors (Lipinski definition) is 1. The molecule has 0 bridgehead atoms. The zero-order chi connectivity index (χ0) is 22.3. The summed E-state index contributed by atoms with van der Waals surface area (Å²) >= 11 is 6.39. The lowest BCUT2D eigenvalue weighted by Crippen LogP contribution is -2.41. The Kier molecular flexibility index (Phi) is 5.95. The van der Waals surface area contributed by atoms with Gasteiger partial charge in [0.25, 0.3) is 0 Å². The van der Waals surface area contributed by atoms with Crippen LogP contribution in [0.1, 0.15) is 40.2 Å². The minimum Gasteiger partial charge on any atom is -0.427 e. The van der Waals surface area contributed by atoms with Crippen LogP contribution in [0.15, 0.2) is 41.4 Å². The molecule has 0 radical (unpaired) electrons. The standard InChI is InChI=1S/C21H23BClFN2O4/c1-12(27)28-14-8-6-13(7-9-14)26-19(23)15-10-16(17(24)11-18(15)25)22-29-20(2,3)21(4,5)30-22/h6-11H,25H2,1-5H3. The SMILES string of the molecule is CC(=O)Oc1ccc(N=C(Cl)c2cc(B3OC(C)(C)C(C)(C)O3)c(F)cc2N)cc1. The van der Waals surface area contributed by atoms with Crippen LogP contribution in [0.2, 0.25) is 0 Å². The number of aliphatic imine (C=N–C) groups is 1. The van der Waals surface area contributed by atoms with Crippen molar-refractivity contribution in [1.29, 1.82) is 0 Å². The van der Waals surface area contributed by atoms with Gasteiger partial charge in [-0.25, -0.2) is 9.38 Å². The van der Waals surface area contributed by atoms with E-state index in [1.807, 2.05) is 27.7 Å². The van der Waals surface area contributed by atoms with Crippen molar-refractivity contribution in [2.24, 2.45) is 4.99 Å². The Balaban J connectivity index is 1.92. The summed E-state index contributed by atoms with van der Waals surface area (Å²) in [4.78, 5) is 15.3. The fraction of sp³-hybridized carbons (Fsp3) is 0.333. The molecule has 6 nitrogen and oxygen atoms in total. The molecule has 3 rings (SSSR count). The number of nitrogens with two attached hydrogens (primary N) is 1. The van der Waals surface area contributed by atoms with Crippen molar-refractivity contribution < 1.29 is 23.2 Å². The Bertz CT molecular complexity index is 993. The van der Waals surface area contributed by atoms with Crippen LogP contribution in [-0.2, 0) is 14.1 Å². The van der Waals surface area contributed by atoms with Crippen molar-refractivity contribution in [3.63, 3.8) is 0 Å². The summed E-state index contributed by atoms with van der Waals surface area (Å²) in [5.41, 5.74) is 5.94. The second-order valence-electron chi connectivity index (χ2n) is 8.04. The molecular formula is C21H23BClFN2O4. The third kappa shape index (κ3) is 4.51. The maximum atomic E-state index is 14.7. The van der Waals surface area contributed by atoms with Gasteiger partial charge in [-0.05, 0) is 64.1 Å². The number of halogens is 2. The molecule has 30 heavy (non-hydrogen) atoms. The lowest BCUT2D eigenvalue weighted by molar-refractivity contribution is -0.131. The minimum absolute atomic E-state index is 0.0745. The number of nitrogen functional groups attached to an aromatic ring is 1. The normalized spacial score (nSPS) is 17.8. The van der Waals surface area contributed by atoms with E-state index in [4.69, 9.17) is 31.4 Å². The van der Waals surface area contributed by atoms with Crippen molar-refractivity contribution in [2.75, 3.05) is 5.73 Å². The lowest BCUT2D eigenvalue weighted by Gasteiger charge is -2.32. The summed E-state index contributed by atoms with van der Waals surface area (Å²) < 4.78 is 31.5. The molecular weight excluding hydrogens is 410 g/mol. The number of rotatable bonds is 4. The van der Waals surface area contributed by atoms with Gasteiger partial charge in [-0.1, -0.05) is 11.6 Å². The van der Waals surface area contributed by atoms with Gasteiger partial charge in [0, 0.05) is 23.6 Å². The Morgan fingerprint density at radius 1 is 1.13 bits per heavy atom. The number of nitrogens with zero attached hydrogens (tertiary/aromatic N) is 1. The summed E-state index contributed by atoms with van der Waals surface area (Å²) in [5, 5.41) is 0.0745. The Morgan fingerprint density at radius 3 is 2.23 bits per heavy atom. The van der Waals surface area contributed by atoms with Crippen molar-refractivity contribution >= 4 is 46.7 Å². The minimum atomic E-state index is -0.901. The molecule has 1 fully saturated rings. The molecule has 2 aromatic carbocycles. The van der Waals surface area contributed by atoms with E-state index in [9.17, 15) is 9.18 Å². The van der Waals surface area contributed by atoms with Gasteiger partial charge in [-0.15, -0.1) is 0 Å². The molecule has 0 unspecified atom stereocenters. The topological polar surface area (TPSA) is 83.1 Å². The summed E-state index contributed by atoms with van der Waals surface area (Å²) in [6.45, 7) is 8.86. The van der Waals surface area contributed by atoms with Gasteiger partial charge in [0.15, 0.2) is 0 Å². The molecule has 2 aromatic rings. The second-order valence-corrected chi connectivity index (χ2v) is 8.40. The predicted octanol–water partition coefficient (Wildman–Crippen LogP) is 3.95. The highest BCUT2D eigenvalue weighted by molar-refractivity contribution is 6.71. The summed E-state index contributed by atoms with van der Waals surface area (Å²) in [6.07, 6.45) is 0. The molecule has 0 aromatic heterocycles. The highest BCUT2D eigenvalue weighted by Gasteiger charge is 2.52.